The predicted molar refractivity (Wildman–Crippen MR) is 142 cm³/mol. The maximum absolute atomic E-state index is 14.5. The normalized spacial score (nSPS) is 17.2. The van der Waals surface area contributed by atoms with Crippen molar-refractivity contribution < 1.29 is 23.5 Å². The number of nitrogens with zero attached hydrogens (tertiary/aromatic N) is 4. The van der Waals surface area contributed by atoms with E-state index in [4.69, 9.17) is 4.74 Å². The molecule has 1 fully saturated rings. The van der Waals surface area contributed by atoms with Crippen molar-refractivity contribution in [2.45, 2.75) is 76.8 Å². The van der Waals surface area contributed by atoms with Gasteiger partial charge < -0.3 is 20.3 Å². The molecule has 2 N–H and O–H groups in total. The molecule has 3 amide bonds. The molecule has 1 aromatic carbocycles. The van der Waals surface area contributed by atoms with E-state index in [1.165, 1.54) is 17.0 Å². The van der Waals surface area contributed by atoms with Crippen LogP contribution in [0, 0.1) is 17.1 Å². The average Bonchev–Trinajstić information content (AvgIpc) is 3.28. The van der Waals surface area contributed by atoms with E-state index in [0.29, 0.717) is 11.3 Å². The number of carbonyl (C=O) groups is 3. The molecule has 12 heteroatoms. The van der Waals surface area contributed by atoms with Gasteiger partial charge in [-0.05, 0) is 45.7 Å². The number of amides is 3. The summed E-state index contributed by atoms with van der Waals surface area (Å²) in [5.41, 5.74) is -0.327. The lowest BCUT2D eigenvalue weighted by molar-refractivity contribution is -0.121. The van der Waals surface area contributed by atoms with Crippen molar-refractivity contribution in [3.05, 3.63) is 40.8 Å². The van der Waals surface area contributed by atoms with Gasteiger partial charge in [0.15, 0.2) is 0 Å². The molecule has 1 aromatic heterocycles. The highest BCUT2D eigenvalue weighted by Gasteiger charge is 2.54. The number of hydrogen-bond acceptors (Lipinski definition) is 6. The first-order valence-electron chi connectivity index (χ1n) is 12.7. The van der Waals surface area contributed by atoms with Crippen molar-refractivity contribution in [3.63, 3.8) is 0 Å². The molecule has 1 aliphatic carbocycles. The lowest BCUT2D eigenvalue weighted by Crippen LogP contribution is -2.52. The number of ether oxygens (including phenoxy) is 1. The Labute approximate surface area is 222 Å². The lowest BCUT2D eigenvalue weighted by Gasteiger charge is -2.48. The van der Waals surface area contributed by atoms with Gasteiger partial charge in [-0.3, -0.25) is 4.79 Å². The first-order chi connectivity index (χ1) is 17.8. The molecule has 10 nitrogen and oxygen atoms in total. The van der Waals surface area contributed by atoms with E-state index >= 15 is 0 Å². The summed E-state index contributed by atoms with van der Waals surface area (Å²) in [4.78, 5) is 41.3. The minimum absolute atomic E-state index is 0.000525. The summed E-state index contributed by atoms with van der Waals surface area (Å²) >= 11 is 0. The molecular weight excluding hydrogens is 507 g/mol. The standard InChI is InChI=1S/C26H33FN6O4Si/c1-7-37-24(36)33-21(30-22(34)26(12-9-13-26)38(4,5)6)17-15-32(25(2,3)20(17)31-33)23(35)29-19-16(14-28)10-8-11-18(19)27/h8,10-11H,7,9,12-13,15H2,1-6H3,(H,29,35)(H,30,34). The van der Waals surface area contributed by atoms with Crippen molar-refractivity contribution in [1.82, 2.24) is 14.7 Å². The van der Waals surface area contributed by atoms with Crippen LogP contribution in [-0.2, 0) is 21.6 Å². The van der Waals surface area contributed by atoms with Gasteiger partial charge in [-0.15, -0.1) is 4.68 Å². The zero-order valence-electron chi connectivity index (χ0n) is 22.6. The SMILES string of the molecule is CCOC(=O)n1nc2c(c1NC(=O)C1([Si](C)(C)C)CCC1)CN(C(=O)Nc1c(F)cccc1C#N)C2(C)C. The fourth-order valence-electron chi connectivity index (χ4n) is 5.34. The molecule has 0 radical (unpaired) electrons. The van der Waals surface area contributed by atoms with Crippen molar-refractivity contribution in [3.8, 4) is 6.07 Å². The van der Waals surface area contributed by atoms with E-state index in [9.17, 15) is 24.0 Å². The summed E-state index contributed by atoms with van der Waals surface area (Å²) in [5, 5.41) is 18.9. The van der Waals surface area contributed by atoms with Gasteiger partial charge in [0, 0.05) is 10.6 Å². The van der Waals surface area contributed by atoms with Gasteiger partial charge in [0.05, 0.1) is 43.7 Å². The number of nitriles is 1. The van der Waals surface area contributed by atoms with Gasteiger partial charge in [0.25, 0.3) is 0 Å². The smallest absolute Gasteiger partial charge is 0.436 e. The third-order valence-electron chi connectivity index (χ3n) is 7.92. The molecule has 2 heterocycles. The third kappa shape index (κ3) is 4.24. The van der Waals surface area contributed by atoms with Crippen LogP contribution < -0.4 is 10.6 Å². The van der Waals surface area contributed by atoms with Crippen LogP contribution in [0.1, 0.15) is 56.9 Å². The van der Waals surface area contributed by atoms with Crippen molar-refractivity contribution in [1.29, 1.82) is 5.26 Å². The Hall–Kier alpha value is -3.72. The summed E-state index contributed by atoms with van der Waals surface area (Å²) in [5.74, 6) is -0.702. The van der Waals surface area contributed by atoms with Gasteiger partial charge in [-0.1, -0.05) is 32.1 Å². The van der Waals surface area contributed by atoms with Crippen LogP contribution in [0.4, 0.5) is 25.5 Å². The second kappa shape index (κ2) is 9.54. The van der Waals surface area contributed by atoms with E-state index < -0.39 is 36.6 Å². The van der Waals surface area contributed by atoms with Crippen LogP contribution in [0.25, 0.3) is 0 Å². The molecule has 1 saturated carbocycles. The van der Waals surface area contributed by atoms with Gasteiger partial charge >= 0.3 is 12.1 Å². The van der Waals surface area contributed by atoms with Crippen LogP contribution in [0.15, 0.2) is 18.2 Å². The maximum atomic E-state index is 14.5. The monoisotopic (exact) mass is 540 g/mol. The molecule has 2 aromatic rings. The Morgan fingerprint density at radius 1 is 1.21 bits per heavy atom. The van der Waals surface area contributed by atoms with Gasteiger partial charge in [0.2, 0.25) is 5.91 Å². The number of carbonyl (C=O) groups excluding carboxylic acids is 3. The predicted octanol–water partition coefficient (Wildman–Crippen LogP) is 5.38. The number of nitrogens with one attached hydrogen (secondary N) is 2. The topological polar surface area (TPSA) is 129 Å². The van der Waals surface area contributed by atoms with Crippen LogP contribution in [0.5, 0.6) is 0 Å². The fourth-order valence-corrected chi connectivity index (χ4v) is 7.94. The van der Waals surface area contributed by atoms with Crippen LogP contribution in [0.3, 0.4) is 0 Å². The largest absolute Gasteiger partial charge is 0.448 e. The number of anilines is 2. The highest BCUT2D eigenvalue weighted by atomic mass is 28.3. The third-order valence-corrected chi connectivity index (χ3v) is 11.5. The van der Waals surface area contributed by atoms with Crippen LogP contribution in [-0.4, -0.2) is 47.4 Å². The van der Waals surface area contributed by atoms with E-state index in [1.54, 1.807) is 20.8 Å². The van der Waals surface area contributed by atoms with Crippen molar-refractivity contribution >= 4 is 37.6 Å². The summed E-state index contributed by atoms with van der Waals surface area (Å²) in [6, 6.07) is 5.20. The number of aromatic nitrogens is 2. The Morgan fingerprint density at radius 2 is 1.89 bits per heavy atom. The molecule has 38 heavy (non-hydrogen) atoms. The number of halogens is 1. The molecule has 0 saturated heterocycles. The Balaban J connectivity index is 1.71. The molecule has 4 rings (SSSR count). The van der Waals surface area contributed by atoms with Crippen molar-refractivity contribution in [2.75, 3.05) is 17.2 Å². The summed E-state index contributed by atoms with van der Waals surface area (Å²) in [7, 11) is -1.92. The maximum Gasteiger partial charge on any atom is 0.436 e. The Kier molecular flexibility index (Phi) is 6.86. The van der Waals surface area contributed by atoms with E-state index in [-0.39, 0.29) is 36.1 Å². The molecular formula is C26H33FN6O4Si. The Bertz CT molecular complexity index is 1350. The molecule has 0 bridgehead atoms. The number of urea groups is 1. The minimum atomic E-state index is -1.92. The summed E-state index contributed by atoms with van der Waals surface area (Å²) in [6.07, 6.45) is 1.81. The number of rotatable bonds is 5. The molecule has 1 aliphatic heterocycles. The lowest BCUT2D eigenvalue weighted by atomic mass is 9.83. The molecule has 0 spiro atoms. The summed E-state index contributed by atoms with van der Waals surface area (Å²) < 4.78 is 20.7. The summed E-state index contributed by atoms with van der Waals surface area (Å²) in [6.45, 7) is 11.8. The zero-order chi connectivity index (χ0) is 28.0. The molecule has 202 valence electrons. The molecule has 2 aliphatic rings. The zero-order valence-corrected chi connectivity index (χ0v) is 23.6. The van der Waals surface area contributed by atoms with Crippen molar-refractivity contribution in [2.24, 2.45) is 0 Å². The quantitative estimate of drug-likeness (QED) is 0.490. The minimum Gasteiger partial charge on any atom is -0.448 e. The fraction of sp³-hybridized carbons (Fsp3) is 0.500. The second-order valence-corrected chi connectivity index (χ2v) is 16.7. The number of fused-ring (bicyclic) bond motifs is 1. The van der Waals surface area contributed by atoms with Gasteiger partial charge in [-0.25, -0.2) is 14.0 Å². The van der Waals surface area contributed by atoms with E-state index in [0.717, 1.165) is 30.0 Å². The highest BCUT2D eigenvalue weighted by Crippen LogP contribution is 2.56. The van der Waals surface area contributed by atoms with Crippen LogP contribution in [0.2, 0.25) is 24.7 Å². The number of para-hydroxylation sites is 1. The van der Waals surface area contributed by atoms with Gasteiger partial charge in [-0.2, -0.15) is 10.4 Å². The average molecular weight is 541 g/mol. The highest BCUT2D eigenvalue weighted by molar-refractivity contribution is 6.83. The number of benzene rings is 1. The first kappa shape index (κ1) is 27.3. The van der Waals surface area contributed by atoms with Gasteiger partial charge in [0.1, 0.15) is 17.7 Å². The first-order valence-corrected chi connectivity index (χ1v) is 16.2. The number of hydrogen-bond donors (Lipinski definition) is 2. The van der Waals surface area contributed by atoms with E-state index in [1.807, 2.05) is 6.07 Å². The molecule has 0 unspecified atom stereocenters. The Morgan fingerprint density at radius 3 is 2.45 bits per heavy atom. The molecule has 0 atom stereocenters. The van der Waals surface area contributed by atoms with E-state index in [2.05, 4.69) is 35.4 Å². The second-order valence-electron chi connectivity index (χ2n) is 11.3. The van der Waals surface area contributed by atoms with Crippen LogP contribution >= 0.6 is 0 Å².